The lowest BCUT2D eigenvalue weighted by Crippen LogP contribution is -2.46. The Hall–Kier alpha value is -1.98. The van der Waals surface area contributed by atoms with E-state index < -0.39 is 0 Å². The number of aryl methyl sites for hydroxylation is 2. The maximum Gasteiger partial charge on any atom is 0.225 e. The molecule has 1 saturated heterocycles. The topological polar surface area (TPSA) is 75.2 Å². The summed E-state index contributed by atoms with van der Waals surface area (Å²) in [5, 5.41) is 3.01. The van der Waals surface area contributed by atoms with E-state index in [4.69, 9.17) is 0 Å². The Kier molecular flexibility index (Phi) is 5.66. The number of likely N-dealkylation sites (tertiary alicyclic amines) is 1. The van der Waals surface area contributed by atoms with Crippen molar-refractivity contribution in [1.82, 2.24) is 20.2 Å². The van der Waals surface area contributed by atoms with E-state index in [2.05, 4.69) is 15.3 Å². The molecule has 0 bridgehead atoms. The van der Waals surface area contributed by atoms with Gasteiger partial charge in [-0.1, -0.05) is 6.42 Å². The molecule has 0 atom stereocenters. The highest BCUT2D eigenvalue weighted by atomic mass is 16.2. The van der Waals surface area contributed by atoms with Crippen LogP contribution in [-0.2, 0) is 16.0 Å². The summed E-state index contributed by atoms with van der Waals surface area (Å²) in [4.78, 5) is 35.3. The molecule has 1 aliphatic heterocycles. The van der Waals surface area contributed by atoms with Crippen LogP contribution in [0, 0.1) is 25.7 Å². The maximum absolute atomic E-state index is 12.3. The highest BCUT2D eigenvalue weighted by Crippen LogP contribution is 2.30. The first kappa shape index (κ1) is 17.8. The summed E-state index contributed by atoms with van der Waals surface area (Å²) in [5.74, 6) is 1.45. The van der Waals surface area contributed by atoms with Crippen molar-refractivity contribution in [3.05, 3.63) is 23.3 Å². The van der Waals surface area contributed by atoms with Crippen molar-refractivity contribution in [3.8, 4) is 0 Å². The number of nitrogens with one attached hydrogen (secondary N) is 1. The molecule has 2 amide bonds. The van der Waals surface area contributed by atoms with Crippen LogP contribution in [0.25, 0.3) is 0 Å². The number of aromatic nitrogens is 2. The van der Waals surface area contributed by atoms with E-state index >= 15 is 0 Å². The number of amides is 2. The molecule has 0 spiro atoms. The Morgan fingerprint density at radius 2 is 1.72 bits per heavy atom. The van der Waals surface area contributed by atoms with Gasteiger partial charge in [0.25, 0.3) is 0 Å². The molecule has 25 heavy (non-hydrogen) atoms. The fourth-order valence-corrected chi connectivity index (χ4v) is 3.63. The molecular weight excluding hydrogens is 316 g/mol. The number of hydrogen-bond donors (Lipinski definition) is 1. The molecule has 1 aromatic rings. The Morgan fingerprint density at radius 1 is 1.08 bits per heavy atom. The average molecular weight is 344 g/mol. The van der Waals surface area contributed by atoms with Crippen molar-refractivity contribution in [1.29, 1.82) is 0 Å². The van der Waals surface area contributed by atoms with Crippen LogP contribution >= 0.6 is 0 Å². The summed E-state index contributed by atoms with van der Waals surface area (Å²) in [6.07, 6.45) is 5.45. The minimum Gasteiger partial charge on any atom is -0.355 e. The molecule has 1 aliphatic carbocycles. The smallest absolute Gasteiger partial charge is 0.225 e. The van der Waals surface area contributed by atoms with Gasteiger partial charge in [-0.3, -0.25) is 9.59 Å². The molecule has 2 heterocycles. The number of piperidine rings is 1. The lowest BCUT2D eigenvalue weighted by Gasteiger charge is -2.36. The first-order chi connectivity index (χ1) is 12.0. The summed E-state index contributed by atoms with van der Waals surface area (Å²) in [7, 11) is 0. The first-order valence-electron chi connectivity index (χ1n) is 9.40. The largest absolute Gasteiger partial charge is 0.355 e. The van der Waals surface area contributed by atoms with Crippen molar-refractivity contribution < 1.29 is 9.59 Å². The number of carbonyl (C=O) groups is 2. The van der Waals surface area contributed by atoms with Gasteiger partial charge >= 0.3 is 0 Å². The summed E-state index contributed by atoms with van der Waals surface area (Å²) in [6.45, 7) is 5.90. The van der Waals surface area contributed by atoms with Crippen molar-refractivity contribution in [2.45, 2.75) is 52.4 Å². The second-order valence-electron chi connectivity index (χ2n) is 7.34. The van der Waals surface area contributed by atoms with E-state index in [-0.39, 0.29) is 17.7 Å². The molecule has 2 fully saturated rings. The third-order valence-electron chi connectivity index (χ3n) is 5.31. The van der Waals surface area contributed by atoms with Crippen LogP contribution in [0.15, 0.2) is 6.07 Å². The fourth-order valence-electron chi connectivity index (χ4n) is 3.63. The minimum atomic E-state index is 0.0191. The van der Waals surface area contributed by atoms with Crippen LogP contribution in [0.2, 0.25) is 0 Å². The predicted molar refractivity (Wildman–Crippen MR) is 94.9 cm³/mol. The van der Waals surface area contributed by atoms with Gasteiger partial charge < -0.3 is 10.2 Å². The Labute approximate surface area is 149 Å². The summed E-state index contributed by atoms with van der Waals surface area (Å²) >= 11 is 0. The summed E-state index contributed by atoms with van der Waals surface area (Å²) in [6, 6.07) is 1.95. The molecule has 0 aromatic carbocycles. The molecule has 0 unspecified atom stereocenters. The third kappa shape index (κ3) is 4.55. The van der Waals surface area contributed by atoms with E-state index in [9.17, 15) is 9.59 Å². The summed E-state index contributed by atoms with van der Waals surface area (Å²) in [5.41, 5.74) is 1.91. The number of hydrogen-bond acceptors (Lipinski definition) is 4. The van der Waals surface area contributed by atoms with Crippen LogP contribution in [0.1, 0.15) is 49.3 Å². The minimum absolute atomic E-state index is 0.0191. The average Bonchev–Trinajstić information content (AvgIpc) is 2.52. The normalized spacial score (nSPS) is 18.7. The third-order valence-corrected chi connectivity index (χ3v) is 5.31. The summed E-state index contributed by atoms with van der Waals surface area (Å²) < 4.78 is 0. The van der Waals surface area contributed by atoms with Crippen molar-refractivity contribution in [3.63, 3.8) is 0 Å². The maximum atomic E-state index is 12.3. The first-order valence-corrected chi connectivity index (χ1v) is 9.40. The zero-order valence-corrected chi connectivity index (χ0v) is 15.3. The van der Waals surface area contributed by atoms with Gasteiger partial charge in [0.15, 0.2) is 0 Å². The van der Waals surface area contributed by atoms with Gasteiger partial charge in [0.2, 0.25) is 11.8 Å². The highest BCUT2D eigenvalue weighted by Gasteiger charge is 2.33. The van der Waals surface area contributed by atoms with E-state index in [0.717, 1.165) is 42.9 Å². The van der Waals surface area contributed by atoms with Crippen LogP contribution in [0.5, 0.6) is 0 Å². The van der Waals surface area contributed by atoms with Crippen molar-refractivity contribution in [2.75, 3.05) is 19.6 Å². The molecule has 2 aliphatic rings. The van der Waals surface area contributed by atoms with E-state index in [1.807, 2.05) is 24.8 Å². The van der Waals surface area contributed by atoms with Crippen LogP contribution in [0.3, 0.4) is 0 Å². The van der Waals surface area contributed by atoms with Crippen molar-refractivity contribution in [2.24, 2.45) is 11.8 Å². The lowest BCUT2D eigenvalue weighted by atomic mass is 9.83. The van der Waals surface area contributed by atoms with Crippen LogP contribution in [0.4, 0.5) is 0 Å². The quantitative estimate of drug-likeness (QED) is 0.884. The van der Waals surface area contributed by atoms with Gasteiger partial charge in [-0.15, -0.1) is 0 Å². The monoisotopic (exact) mass is 344 g/mol. The molecular formula is C19H28N4O2. The Morgan fingerprint density at radius 3 is 2.28 bits per heavy atom. The Bertz CT molecular complexity index is 614. The van der Waals surface area contributed by atoms with Gasteiger partial charge in [-0.05, 0) is 45.6 Å². The fraction of sp³-hybridized carbons (Fsp3) is 0.684. The molecule has 1 aromatic heterocycles. The zero-order chi connectivity index (χ0) is 17.8. The standard InChI is InChI=1S/C19H28N4O2/c1-13-12-14(2)22-17(21-13)6-9-20-18(24)15-7-10-23(11-8-15)19(25)16-4-3-5-16/h12,15-16H,3-11H2,1-2H3,(H,20,24). The van der Waals surface area contributed by atoms with E-state index in [0.29, 0.717) is 32.0 Å². The molecule has 0 radical (unpaired) electrons. The van der Waals surface area contributed by atoms with E-state index in [1.165, 1.54) is 6.42 Å². The second kappa shape index (κ2) is 7.93. The molecule has 6 heteroatoms. The van der Waals surface area contributed by atoms with Gasteiger partial charge in [-0.25, -0.2) is 9.97 Å². The number of rotatable bonds is 5. The van der Waals surface area contributed by atoms with Crippen LogP contribution < -0.4 is 5.32 Å². The number of carbonyl (C=O) groups excluding carboxylic acids is 2. The molecule has 1 saturated carbocycles. The zero-order valence-electron chi connectivity index (χ0n) is 15.3. The Balaban J connectivity index is 1.39. The van der Waals surface area contributed by atoms with Gasteiger partial charge in [0.1, 0.15) is 5.82 Å². The second-order valence-corrected chi connectivity index (χ2v) is 7.34. The van der Waals surface area contributed by atoms with Gasteiger partial charge in [0, 0.05) is 49.3 Å². The highest BCUT2D eigenvalue weighted by molar-refractivity contribution is 5.81. The molecule has 3 rings (SSSR count). The lowest BCUT2D eigenvalue weighted by molar-refractivity contribution is -0.141. The number of nitrogens with zero attached hydrogens (tertiary/aromatic N) is 3. The molecule has 1 N–H and O–H groups in total. The predicted octanol–water partition coefficient (Wildman–Crippen LogP) is 1.79. The molecule has 136 valence electrons. The van der Waals surface area contributed by atoms with E-state index in [1.54, 1.807) is 0 Å². The molecule has 6 nitrogen and oxygen atoms in total. The van der Waals surface area contributed by atoms with Crippen molar-refractivity contribution >= 4 is 11.8 Å². The van der Waals surface area contributed by atoms with Crippen LogP contribution in [-0.4, -0.2) is 46.3 Å². The SMILES string of the molecule is Cc1cc(C)nc(CCNC(=O)C2CCN(C(=O)C3CCC3)CC2)n1. The van der Waals surface area contributed by atoms with Gasteiger partial charge in [-0.2, -0.15) is 0 Å². The van der Waals surface area contributed by atoms with Gasteiger partial charge in [0.05, 0.1) is 0 Å².